The van der Waals surface area contributed by atoms with Crippen molar-refractivity contribution in [3.63, 3.8) is 0 Å². The van der Waals surface area contributed by atoms with Crippen LogP contribution in [0.3, 0.4) is 0 Å². The molecule has 1 aliphatic carbocycles. The van der Waals surface area contributed by atoms with Gasteiger partial charge < -0.3 is 10.4 Å². The zero-order valence-electron chi connectivity index (χ0n) is 13.0. The van der Waals surface area contributed by atoms with E-state index in [1.807, 2.05) is 0 Å². The SMILES string of the molecule is Cc1ccc(NC(=O)CC2(C(=O)O)CCC2)cc1NS(C)(=O)=O. The third kappa shape index (κ3) is 4.22. The quantitative estimate of drug-likeness (QED) is 0.732. The van der Waals surface area contributed by atoms with E-state index >= 15 is 0 Å². The molecule has 1 fully saturated rings. The monoisotopic (exact) mass is 340 g/mol. The first kappa shape index (κ1) is 17.3. The van der Waals surface area contributed by atoms with E-state index < -0.39 is 21.4 Å². The lowest BCUT2D eigenvalue weighted by molar-refractivity contribution is -0.157. The van der Waals surface area contributed by atoms with Crippen molar-refractivity contribution in [1.29, 1.82) is 0 Å². The molecule has 1 amide bonds. The Hall–Kier alpha value is -2.09. The second-order valence-electron chi connectivity index (χ2n) is 6.07. The van der Waals surface area contributed by atoms with Crippen molar-refractivity contribution in [2.45, 2.75) is 32.6 Å². The molecule has 2 rings (SSSR count). The summed E-state index contributed by atoms with van der Waals surface area (Å²) >= 11 is 0. The molecular weight excluding hydrogens is 320 g/mol. The topological polar surface area (TPSA) is 113 Å². The molecule has 8 heteroatoms. The highest BCUT2D eigenvalue weighted by Gasteiger charge is 2.45. The van der Waals surface area contributed by atoms with Crippen molar-refractivity contribution < 1.29 is 23.1 Å². The average Bonchev–Trinajstić information content (AvgIpc) is 2.35. The Morgan fingerprint density at radius 2 is 1.96 bits per heavy atom. The van der Waals surface area contributed by atoms with Gasteiger partial charge >= 0.3 is 5.97 Å². The molecule has 0 unspecified atom stereocenters. The zero-order valence-corrected chi connectivity index (χ0v) is 13.9. The molecule has 0 heterocycles. The van der Waals surface area contributed by atoms with Crippen LogP contribution in [0.5, 0.6) is 0 Å². The van der Waals surface area contributed by atoms with Crippen LogP contribution in [0.15, 0.2) is 18.2 Å². The van der Waals surface area contributed by atoms with Crippen molar-refractivity contribution in [2.24, 2.45) is 5.41 Å². The van der Waals surface area contributed by atoms with Gasteiger partial charge in [-0.1, -0.05) is 12.5 Å². The maximum atomic E-state index is 12.1. The van der Waals surface area contributed by atoms with Crippen molar-refractivity contribution >= 4 is 33.3 Å². The van der Waals surface area contributed by atoms with Crippen molar-refractivity contribution in [3.8, 4) is 0 Å². The van der Waals surface area contributed by atoms with E-state index in [9.17, 15) is 23.1 Å². The fourth-order valence-corrected chi connectivity index (χ4v) is 3.21. The normalized spacial score (nSPS) is 16.3. The number of benzene rings is 1. The minimum absolute atomic E-state index is 0.0783. The summed E-state index contributed by atoms with van der Waals surface area (Å²) in [4.78, 5) is 23.4. The number of amides is 1. The van der Waals surface area contributed by atoms with Crippen molar-refractivity contribution in [3.05, 3.63) is 23.8 Å². The average molecular weight is 340 g/mol. The lowest BCUT2D eigenvalue weighted by Gasteiger charge is -2.36. The number of carbonyl (C=O) groups is 2. The molecule has 23 heavy (non-hydrogen) atoms. The number of rotatable bonds is 6. The van der Waals surface area contributed by atoms with Gasteiger partial charge in [-0.05, 0) is 37.5 Å². The largest absolute Gasteiger partial charge is 0.481 e. The molecule has 0 spiro atoms. The molecule has 1 saturated carbocycles. The molecule has 3 N–H and O–H groups in total. The van der Waals surface area contributed by atoms with E-state index in [-0.39, 0.29) is 12.3 Å². The molecule has 1 aromatic rings. The van der Waals surface area contributed by atoms with Gasteiger partial charge in [-0.2, -0.15) is 0 Å². The van der Waals surface area contributed by atoms with E-state index in [0.717, 1.165) is 18.2 Å². The molecular formula is C15H20N2O5S. The van der Waals surface area contributed by atoms with E-state index in [1.54, 1.807) is 19.1 Å². The third-order valence-corrected chi connectivity index (χ3v) is 4.67. The predicted molar refractivity (Wildman–Crippen MR) is 86.8 cm³/mol. The Kier molecular flexibility index (Phi) is 4.65. The fraction of sp³-hybridized carbons (Fsp3) is 0.467. The van der Waals surface area contributed by atoms with Crippen LogP contribution in [0, 0.1) is 12.3 Å². The smallest absolute Gasteiger partial charge is 0.310 e. The van der Waals surface area contributed by atoms with Gasteiger partial charge in [0.1, 0.15) is 0 Å². The summed E-state index contributed by atoms with van der Waals surface area (Å²) in [7, 11) is -3.42. The van der Waals surface area contributed by atoms with Gasteiger partial charge in [-0.15, -0.1) is 0 Å². The van der Waals surface area contributed by atoms with Crippen LogP contribution in [-0.2, 0) is 19.6 Å². The van der Waals surface area contributed by atoms with Gasteiger partial charge in [0.2, 0.25) is 15.9 Å². The van der Waals surface area contributed by atoms with Crippen LogP contribution in [0.1, 0.15) is 31.2 Å². The second-order valence-corrected chi connectivity index (χ2v) is 7.82. The number of hydrogen-bond donors (Lipinski definition) is 3. The highest BCUT2D eigenvalue weighted by molar-refractivity contribution is 7.92. The first-order valence-corrected chi connectivity index (χ1v) is 9.12. The zero-order chi connectivity index (χ0) is 17.3. The highest BCUT2D eigenvalue weighted by atomic mass is 32.2. The molecule has 1 aromatic carbocycles. The van der Waals surface area contributed by atoms with Gasteiger partial charge in [-0.25, -0.2) is 8.42 Å². The molecule has 0 aliphatic heterocycles. The number of aliphatic carboxylic acids is 1. The third-order valence-electron chi connectivity index (χ3n) is 4.08. The second kappa shape index (κ2) is 6.19. The van der Waals surface area contributed by atoms with Gasteiger partial charge in [0.15, 0.2) is 0 Å². The van der Waals surface area contributed by atoms with Gasteiger partial charge in [0, 0.05) is 12.1 Å². The Bertz CT molecular complexity index is 738. The Labute approximate surface area is 135 Å². The lowest BCUT2D eigenvalue weighted by atomic mass is 9.66. The minimum Gasteiger partial charge on any atom is -0.481 e. The molecule has 0 atom stereocenters. The summed E-state index contributed by atoms with van der Waals surface area (Å²) in [5, 5.41) is 11.9. The number of hydrogen-bond acceptors (Lipinski definition) is 4. The van der Waals surface area contributed by atoms with Crippen LogP contribution in [0.4, 0.5) is 11.4 Å². The molecule has 7 nitrogen and oxygen atoms in total. The van der Waals surface area contributed by atoms with Crippen LogP contribution < -0.4 is 10.0 Å². The highest BCUT2D eigenvalue weighted by Crippen LogP contribution is 2.44. The van der Waals surface area contributed by atoms with Crippen LogP contribution >= 0.6 is 0 Å². The summed E-state index contributed by atoms with van der Waals surface area (Å²) in [5.74, 6) is -1.33. The first-order chi connectivity index (χ1) is 10.6. The van der Waals surface area contributed by atoms with E-state index in [4.69, 9.17) is 0 Å². The van der Waals surface area contributed by atoms with E-state index in [1.165, 1.54) is 6.07 Å². The number of carboxylic acids is 1. The maximum Gasteiger partial charge on any atom is 0.310 e. The predicted octanol–water partition coefficient (Wildman–Crippen LogP) is 1.95. The van der Waals surface area contributed by atoms with Crippen molar-refractivity contribution in [2.75, 3.05) is 16.3 Å². The Morgan fingerprint density at radius 1 is 1.30 bits per heavy atom. The van der Waals surface area contributed by atoms with Crippen molar-refractivity contribution in [1.82, 2.24) is 0 Å². The Balaban J connectivity index is 2.09. The minimum atomic E-state index is -3.42. The molecule has 0 aromatic heterocycles. The molecule has 0 saturated heterocycles. The molecule has 0 bridgehead atoms. The maximum absolute atomic E-state index is 12.1. The molecule has 0 radical (unpaired) electrons. The number of carboxylic acid groups (broad SMARTS) is 1. The number of nitrogens with one attached hydrogen (secondary N) is 2. The number of anilines is 2. The van der Waals surface area contributed by atoms with Crippen LogP contribution in [-0.4, -0.2) is 31.7 Å². The summed E-state index contributed by atoms with van der Waals surface area (Å²) in [5.41, 5.74) is 0.561. The van der Waals surface area contributed by atoms with Gasteiger partial charge in [0.25, 0.3) is 0 Å². The first-order valence-electron chi connectivity index (χ1n) is 7.23. The number of sulfonamides is 1. The standard InChI is InChI=1S/C15H20N2O5S/c1-10-4-5-11(8-12(10)17-23(2,21)22)16-13(18)9-15(14(19)20)6-3-7-15/h4-5,8,17H,3,6-7,9H2,1-2H3,(H,16,18)(H,19,20). The molecule has 1 aliphatic rings. The lowest BCUT2D eigenvalue weighted by Crippen LogP contribution is -2.41. The van der Waals surface area contributed by atoms with Crippen LogP contribution in [0.25, 0.3) is 0 Å². The van der Waals surface area contributed by atoms with E-state index in [2.05, 4.69) is 10.0 Å². The summed E-state index contributed by atoms with van der Waals surface area (Å²) in [6.45, 7) is 1.74. The Morgan fingerprint density at radius 3 is 2.43 bits per heavy atom. The van der Waals surface area contributed by atoms with Gasteiger partial charge in [-0.3, -0.25) is 14.3 Å². The summed E-state index contributed by atoms with van der Waals surface area (Å²) in [6.07, 6.45) is 2.79. The van der Waals surface area contributed by atoms with E-state index in [0.29, 0.717) is 24.2 Å². The molecule has 126 valence electrons. The number of aryl methyl sites for hydroxylation is 1. The fourth-order valence-electron chi connectivity index (χ4n) is 2.59. The number of carbonyl (C=O) groups excluding carboxylic acids is 1. The summed E-state index contributed by atoms with van der Waals surface area (Å²) < 4.78 is 25.0. The van der Waals surface area contributed by atoms with Gasteiger partial charge in [0.05, 0.1) is 17.4 Å². The van der Waals surface area contributed by atoms with Crippen LogP contribution in [0.2, 0.25) is 0 Å². The summed E-state index contributed by atoms with van der Waals surface area (Å²) in [6, 6.07) is 4.84.